The summed E-state index contributed by atoms with van der Waals surface area (Å²) in [7, 11) is 1.56. The summed E-state index contributed by atoms with van der Waals surface area (Å²) >= 11 is 13.0. The summed E-state index contributed by atoms with van der Waals surface area (Å²) in [6, 6.07) is 9.93. The summed E-state index contributed by atoms with van der Waals surface area (Å²) in [6.07, 6.45) is 0. The van der Waals surface area contributed by atoms with Crippen LogP contribution in [-0.2, 0) is 0 Å². The van der Waals surface area contributed by atoms with Crippen molar-refractivity contribution in [3.05, 3.63) is 62.8 Å². The van der Waals surface area contributed by atoms with Gasteiger partial charge in [-0.2, -0.15) is 0 Å². The fourth-order valence-electron chi connectivity index (χ4n) is 1.78. The largest absolute Gasteiger partial charge is 0.496 e. The minimum atomic E-state index is -0.301. The first-order chi connectivity index (χ1) is 9.02. The first-order valence-electron chi connectivity index (χ1n) is 5.45. The van der Waals surface area contributed by atoms with E-state index in [1.54, 1.807) is 25.3 Å². The smallest absolute Gasteiger partial charge is 0.123 e. The number of hydrogen-bond donors (Lipinski definition) is 0. The van der Waals surface area contributed by atoms with Crippen LogP contribution < -0.4 is 4.74 Å². The third-order valence-electron chi connectivity index (χ3n) is 2.70. The fraction of sp³-hybridized carbons (Fsp3) is 0.143. The van der Waals surface area contributed by atoms with E-state index < -0.39 is 0 Å². The molecule has 2 aromatic carbocycles. The van der Waals surface area contributed by atoms with Gasteiger partial charge in [0.2, 0.25) is 0 Å². The predicted octanol–water partition coefficient (Wildman–Crippen LogP) is 5.73. The number of alkyl halides is 1. The highest BCUT2D eigenvalue weighted by Gasteiger charge is 2.18. The number of hydrogen-bond acceptors (Lipinski definition) is 1. The Kier molecular flexibility index (Phi) is 4.87. The summed E-state index contributed by atoms with van der Waals surface area (Å²) in [6.45, 7) is 0. The molecule has 19 heavy (non-hydrogen) atoms. The number of rotatable bonds is 3. The van der Waals surface area contributed by atoms with Crippen molar-refractivity contribution in [3.63, 3.8) is 0 Å². The van der Waals surface area contributed by atoms with Crippen LogP contribution >= 0.6 is 43.5 Å². The maximum absolute atomic E-state index is 13.4. The van der Waals surface area contributed by atoms with Crippen LogP contribution in [0.3, 0.4) is 0 Å². The van der Waals surface area contributed by atoms with Crippen LogP contribution in [0.2, 0.25) is 5.02 Å². The molecule has 0 aliphatic heterocycles. The molecule has 0 saturated carbocycles. The first kappa shape index (κ1) is 14.8. The molecule has 1 atom stereocenters. The van der Waals surface area contributed by atoms with Gasteiger partial charge in [0.05, 0.1) is 11.9 Å². The third-order valence-corrected chi connectivity index (χ3v) is 4.61. The van der Waals surface area contributed by atoms with E-state index in [-0.39, 0.29) is 10.6 Å². The van der Waals surface area contributed by atoms with Gasteiger partial charge in [0.1, 0.15) is 11.6 Å². The van der Waals surface area contributed by atoms with Gasteiger partial charge in [-0.25, -0.2) is 4.39 Å². The van der Waals surface area contributed by atoms with Crippen molar-refractivity contribution in [2.24, 2.45) is 0 Å². The number of benzene rings is 2. The van der Waals surface area contributed by atoms with Gasteiger partial charge in [0, 0.05) is 15.1 Å². The topological polar surface area (TPSA) is 9.23 Å². The first-order valence-corrected chi connectivity index (χ1v) is 7.54. The molecule has 0 radical (unpaired) electrons. The van der Waals surface area contributed by atoms with Crippen LogP contribution in [0, 0.1) is 5.82 Å². The van der Waals surface area contributed by atoms with Gasteiger partial charge in [-0.05, 0) is 35.9 Å². The zero-order valence-corrected chi connectivity index (χ0v) is 13.9. The summed E-state index contributed by atoms with van der Waals surface area (Å²) < 4.78 is 19.5. The van der Waals surface area contributed by atoms with Gasteiger partial charge in [-0.3, -0.25) is 0 Å². The second-order valence-electron chi connectivity index (χ2n) is 3.91. The van der Waals surface area contributed by atoms with Crippen LogP contribution in [0.25, 0.3) is 0 Å². The average molecular weight is 408 g/mol. The Morgan fingerprint density at radius 3 is 2.53 bits per heavy atom. The molecule has 2 aromatic rings. The van der Waals surface area contributed by atoms with E-state index in [2.05, 4.69) is 31.9 Å². The number of ether oxygens (including phenoxy) is 1. The zero-order chi connectivity index (χ0) is 14.0. The Hall–Kier alpha value is -0.580. The molecule has 5 heteroatoms. The highest BCUT2D eigenvalue weighted by Crippen LogP contribution is 2.40. The number of halogens is 4. The second-order valence-corrected chi connectivity index (χ2v) is 6.12. The molecule has 0 spiro atoms. The molecule has 0 amide bonds. The van der Waals surface area contributed by atoms with Gasteiger partial charge in [-0.1, -0.05) is 49.5 Å². The normalized spacial score (nSPS) is 12.3. The van der Waals surface area contributed by atoms with Crippen molar-refractivity contribution < 1.29 is 9.13 Å². The van der Waals surface area contributed by atoms with Crippen molar-refractivity contribution in [1.82, 2.24) is 0 Å². The third kappa shape index (κ3) is 3.30. The summed E-state index contributed by atoms with van der Waals surface area (Å²) in [5, 5.41) is 0.640. The average Bonchev–Trinajstić information content (AvgIpc) is 2.38. The van der Waals surface area contributed by atoms with Gasteiger partial charge in [-0.15, -0.1) is 0 Å². The van der Waals surface area contributed by atoms with Crippen LogP contribution in [0.4, 0.5) is 4.39 Å². The van der Waals surface area contributed by atoms with E-state index in [1.807, 2.05) is 6.07 Å². The molecule has 100 valence electrons. The van der Waals surface area contributed by atoms with Gasteiger partial charge >= 0.3 is 0 Å². The lowest BCUT2D eigenvalue weighted by Crippen LogP contribution is -1.99. The Labute approximate surface area is 133 Å². The molecule has 1 nitrogen and oxygen atoms in total. The minimum Gasteiger partial charge on any atom is -0.496 e. The van der Waals surface area contributed by atoms with E-state index in [1.165, 1.54) is 12.1 Å². The van der Waals surface area contributed by atoms with E-state index in [4.69, 9.17) is 16.3 Å². The predicted molar refractivity (Wildman–Crippen MR) is 82.9 cm³/mol. The Balaban J connectivity index is 2.49. The lowest BCUT2D eigenvalue weighted by Gasteiger charge is -2.16. The molecule has 2 rings (SSSR count). The van der Waals surface area contributed by atoms with Gasteiger partial charge < -0.3 is 4.74 Å². The van der Waals surface area contributed by atoms with E-state index in [0.29, 0.717) is 10.8 Å². The molecule has 0 aromatic heterocycles. The molecule has 0 bridgehead atoms. The minimum absolute atomic E-state index is 0.190. The van der Waals surface area contributed by atoms with E-state index >= 15 is 0 Å². The quantitative estimate of drug-likeness (QED) is 0.589. The summed E-state index contributed by atoms with van der Waals surface area (Å²) in [5.74, 6) is 0.329. The molecule has 0 N–H and O–H groups in total. The second kappa shape index (κ2) is 6.25. The Morgan fingerprint density at radius 2 is 1.89 bits per heavy atom. The van der Waals surface area contributed by atoms with Crippen LogP contribution in [0.5, 0.6) is 5.75 Å². The van der Waals surface area contributed by atoms with Gasteiger partial charge in [0.25, 0.3) is 0 Å². The van der Waals surface area contributed by atoms with Crippen molar-refractivity contribution >= 4 is 43.5 Å². The molecular formula is C14H10Br2ClFO. The maximum Gasteiger partial charge on any atom is 0.123 e. The molecule has 0 saturated heterocycles. The summed E-state index contributed by atoms with van der Waals surface area (Å²) in [4.78, 5) is -0.190. The molecule has 1 unspecified atom stereocenters. The number of methoxy groups -OCH3 is 1. The summed E-state index contributed by atoms with van der Waals surface area (Å²) in [5.41, 5.74) is 1.68. The van der Waals surface area contributed by atoms with E-state index in [0.717, 1.165) is 15.6 Å². The lowest BCUT2D eigenvalue weighted by molar-refractivity contribution is 0.409. The highest BCUT2D eigenvalue weighted by atomic mass is 79.9. The fourth-order valence-corrected chi connectivity index (χ4v) is 3.75. The Morgan fingerprint density at radius 1 is 1.16 bits per heavy atom. The van der Waals surface area contributed by atoms with E-state index in [9.17, 15) is 4.39 Å². The standard InChI is InChI=1S/C14H10Br2ClFO/c1-19-13-5-3-9(18)7-11(13)14(16)10-4-2-8(17)6-12(10)15/h2-7,14H,1H3. The van der Waals surface area contributed by atoms with Crippen molar-refractivity contribution in [2.45, 2.75) is 4.83 Å². The van der Waals surface area contributed by atoms with Crippen LogP contribution in [-0.4, -0.2) is 7.11 Å². The SMILES string of the molecule is COc1ccc(F)cc1C(Br)c1ccc(Cl)cc1Br. The highest BCUT2D eigenvalue weighted by molar-refractivity contribution is 9.11. The maximum atomic E-state index is 13.4. The van der Waals surface area contributed by atoms with Crippen LogP contribution in [0.15, 0.2) is 40.9 Å². The molecule has 0 aliphatic rings. The molecule has 0 aliphatic carbocycles. The van der Waals surface area contributed by atoms with Gasteiger partial charge in [0.15, 0.2) is 0 Å². The van der Waals surface area contributed by atoms with Crippen LogP contribution in [0.1, 0.15) is 16.0 Å². The zero-order valence-electron chi connectivity index (χ0n) is 9.96. The lowest BCUT2D eigenvalue weighted by atomic mass is 10.0. The molecule has 0 heterocycles. The van der Waals surface area contributed by atoms with Crippen molar-refractivity contribution in [1.29, 1.82) is 0 Å². The Bertz CT molecular complexity index is 604. The monoisotopic (exact) mass is 406 g/mol. The molecular weight excluding hydrogens is 398 g/mol. The van der Waals surface area contributed by atoms with Crippen molar-refractivity contribution in [2.75, 3.05) is 7.11 Å². The molecule has 0 fully saturated rings. The van der Waals surface area contributed by atoms with Crippen molar-refractivity contribution in [3.8, 4) is 5.75 Å².